The zero-order chi connectivity index (χ0) is 14.3. The smallest absolute Gasteiger partial charge is 0.342 e. The van der Waals surface area contributed by atoms with Crippen molar-refractivity contribution in [3.8, 4) is 12.3 Å². The zero-order valence-corrected chi connectivity index (χ0v) is 10.3. The number of anilines is 1. The molecule has 0 unspecified atom stereocenters. The normalized spacial score (nSPS) is 9.63. The molecule has 0 aromatic heterocycles. The Hall–Kier alpha value is -2.55. The summed E-state index contributed by atoms with van der Waals surface area (Å²) in [7, 11) is 0. The van der Waals surface area contributed by atoms with Crippen molar-refractivity contribution in [1.29, 1.82) is 0 Å². The molecule has 0 heterocycles. The van der Waals surface area contributed by atoms with Crippen LogP contribution in [0.5, 0.6) is 0 Å². The van der Waals surface area contributed by atoms with Crippen LogP contribution in [0.1, 0.15) is 29.6 Å². The Morgan fingerprint density at radius 1 is 1.47 bits per heavy atom. The Labute approximate surface area is 110 Å². The topological polar surface area (TPSA) is 92.5 Å². The Balaban J connectivity index is 2.71. The van der Waals surface area contributed by atoms with E-state index in [2.05, 4.69) is 11.2 Å². The van der Waals surface area contributed by atoms with Gasteiger partial charge in [0.1, 0.15) is 5.56 Å². The number of nitrogens with zero attached hydrogens (tertiary/aromatic N) is 1. The van der Waals surface area contributed by atoms with Gasteiger partial charge in [-0.1, -0.05) is 0 Å². The number of carbonyl (C=O) groups is 1. The molecular weight excluding hydrogens is 248 g/mol. The third-order valence-corrected chi connectivity index (χ3v) is 2.50. The summed E-state index contributed by atoms with van der Waals surface area (Å²) in [5.41, 5.74) is -0.187. The quantitative estimate of drug-likeness (QED) is 0.341. The molecule has 6 nitrogen and oxygen atoms in total. The molecule has 2 N–H and O–H groups in total. The Morgan fingerprint density at radius 3 is 2.79 bits per heavy atom. The second-order valence-electron chi connectivity index (χ2n) is 3.88. The fraction of sp³-hybridized carbons (Fsp3) is 0.308. The van der Waals surface area contributed by atoms with Crippen molar-refractivity contribution in [2.45, 2.75) is 19.3 Å². The van der Waals surface area contributed by atoms with E-state index in [1.54, 1.807) is 0 Å². The van der Waals surface area contributed by atoms with Crippen LogP contribution in [-0.2, 0) is 0 Å². The molecule has 0 bridgehead atoms. The van der Waals surface area contributed by atoms with Gasteiger partial charge in [0.2, 0.25) is 0 Å². The van der Waals surface area contributed by atoms with E-state index < -0.39 is 16.6 Å². The van der Waals surface area contributed by atoms with Crippen LogP contribution < -0.4 is 5.32 Å². The van der Waals surface area contributed by atoms with Gasteiger partial charge in [0.15, 0.2) is 0 Å². The maximum atomic E-state index is 10.9. The summed E-state index contributed by atoms with van der Waals surface area (Å²) in [4.78, 5) is 20.9. The molecule has 0 spiro atoms. The summed E-state index contributed by atoms with van der Waals surface area (Å²) in [6.07, 6.45) is 7.55. The molecule has 0 atom stereocenters. The maximum Gasteiger partial charge on any atom is 0.342 e. The molecule has 6 heteroatoms. The standard InChI is InChI=1S/C13H14N2O4/c1-2-3-4-5-8-14-10-6-7-12(15(18)19)11(9-10)13(16)17/h1,6-7,9,14H,3-5,8H2,(H,16,17). The third kappa shape index (κ3) is 4.32. The fourth-order valence-corrected chi connectivity index (χ4v) is 1.56. The van der Waals surface area contributed by atoms with Crippen LogP contribution in [0.15, 0.2) is 18.2 Å². The first-order valence-corrected chi connectivity index (χ1v) is 5.75. The van der Waals surface area contributed by atoms with Gasteiger partial charge in [-0.2, -0.15) is 0 Å². The number of nitro benzene ring substituents is 1. The van der Waals surface area contributed by atoms with Gasteiger partial charge in [0.05, 0.1) is 4.92 Å². The summed E-state index contributed by atoms with van der Waals surface area (Å²) in [5, 5.41) is 22.6. The number of unbranched alkanes of at least 4 members (excludes halogenated alkanes) is 2. The molecule has 0 aliphatic heterocycles. The van der Waals surface area contributed by atoms with Crippen LogP contribution in [0.25, 0.3) is 0 Å². The molecule has 0 saturated heterocycles. The monoisotopic (exact) mass is 262 g/mol. The number of hydrogen-bond donors (Lipinski definition) is 2. The van der Waals surface area contributed by atoms with E-state index in [9.17, 15) is 14.9 Å². The Bertz CT molecular complexity index is 520. The van der Waals surface area contributed by atoms with Gasteiger partial charge in [0.25, 0.3) is 5.69 Å². The van der Waals surface area contributed by atoms with E-state index in [1.807, 2.05) is 0 Å². The summed E-state index contributed by atoms with van der Waals surface area (Å²) >= 11 is 0. The highest BCUT2D eigenvalue weighted by molar-refractivity contribution is 5.93. The van der Waals surface area contributed by atoms with Crippen LogP contribution in [0.3, 0.4) is 0 Å². The molecule has 1 aromatic carbocycles. The minimum absolute atomic E-state index is 0.321. The molecule has 1 rings (SSSR count). The van der Waals surface area contributed by atoms with Crippen LogP contribution in [0.4, 0.5) is 11.4 Å². The summed E-state index contributed by atoms with van der Waals surface area (Å²) in [6.45, 7) is 0.637. The van der Waals surface area contributed by atoms with Gasteiger partial charge in [-0.3, -0.25) is 10.1 Å². The second kappa shape index (κ2) is 7.01. The lowest BCUT2D eigenvalue weighted by Crippen LogP contribution is -2.06. The van der Waals surface area contributed by atoms with E-state index in [0.29, 0.717) is 18.7 Å². The lowest BCUT2D eigenvalue weighted by molar-refractivity contribution is -0.385. The van der Waals surface area contributed by atoms with Crippen molar-refractivity contribution in [3.63, 3.8) is 0 Å². The molecule has 1 aromatic rings. The summed E-state index contributed by atoms with van der Waals surface area (Å²) in [6, 6.07) is 3.95. The highest BCUT2D eigenvalue weighted by atomic mass is 16.6. The first-order valence-electron chi connectivity index (χ1n) is 5.75. The van der Waals surface area contributed by atoms with E-state index in [4.69, 9.17) is 11.5 Å². The SMILES string of the molecule is C#CCCCCNc1ccc([N+](=O)[O-])c(C(=O)O)c1. The fourth-order valence-electron chi connectivity index (χ4n) is 1.56. The van der Waals surface area contributed by atoms with Crippen molar-refractivity contribution in [2.75, 3.05) is 11.9 Å². The number of rotatable bonds is 7. The number of benzene rings is 1. The average molecular weight is 262 g/mol. The van der Waals surface area contributed by atoms with Crippen molar-refractivity contribution in [1.82, 2.24) is 0 Å². The summed E-state index contributed by atoms with van der Waals surface area (Å²) in [5.74, 6) is 1.21. The molecule has 0 radical (unpaired) electrons. The molecule has 0 saturated carbocycles. The van der Waals surface area contributed by atoms with Gasteiger partial charge in [-0.15, -0.1) is 12.3 Å². The number of terminal acetylenes is 1. The zero-order valence-electron chi connectivity index (χ0n) is 10.3. The van der Waals surface area contributed by atoms with Crippen LogP contribution >= 0.6 is 0 Å². The van der Waals surface area contributed by atoms with Gasteiger partial charge in [-0.25, -0.2) is 4.79 Å². The molecule has 19 heavy (non-hydrogen) atoms. The largest absolute Gasteiger partial charge is 0.477 e. The summed E-state index contributed by atoms with van der Waals surface area (Å²) < 4.78 is 0. The number of carboxylic acids is 1. The van der Waals surface area contributed by atoms with Crippen LogP contribution in [0, 0.1) is 22.5 Å². The van der Waals surface area contributed by atoms with E-state index in [0.717, 1.165) is 12.8 Å². The average Bonchev–Trinajstić information content (AvgIpc) is 2.38. The predicted octanol–water partition coefficient (Wildman–Crippen LogP) is 2.51. The maximum absolute atomic E-state index is 10.9. The van der Waals surface area contributed by atoms with E-state index in [-0.39, 0.29) is 5.56 Å². The lowest BCUT2D eigenvalue weighted by Gasteiger charge is -2.06. The Kier molecular flexibility index (Phi) is 5.35. The van der Waals surface area contributed by atoms with E-state index >= 15 is 0 Å². The van der Waals surface area contributed by atoms with Crippen molar-refractivity contribution >= 4 is 17.3 Å². The van der Waals surface area contributed by atoms with Gasteiger partial charge in [0, 0.05) is 24.7 Å². The number of hydrogen-bond acceptors (Lipinski definition) is 4. The predicted molar refractivity (Wildman–Crippen MR) is 71.2 cm³/mol. The molecule has 0 aliphatic rings. The van der Waals surface area contributed by atoms with Gasteiger partial charge in [-0.05, 0) is 25.0 Å². The molecule has 0 fully saturated rings. The van der Waals surface area contributed by atoms with Crippen LogP contribution in [-0.4, -0.2) is 22.5 Å². The van der Waals surface area contributed by atoms with E-state index in [1.165, 1.54) is 18.2 Å². The minimum atomic E-state index is -1.32. The lowest BCUT2D eigenvalue weighted by atomic mass is 10.1. The van der Waals surface area contributed by atoms with Crippen molar-refractivity contribution in [3.05, 3.63) is 33.9 Å². The third-order valence-electron chi connectivity index (χ3n) is 2.50. The highest BCUT2D eigenvalue weighted by Gasteiger charge is 2.19. The number of nitro groups is 1. The number of carboxylic acid groups (broad SMARTS) is 1. The number of nitrogens with one attached hydrogen (secondary N) is 1. The number of aromatic carboxylic acids is 1. The van der Waals surface area contributed by atoms with Gasteiger partial charge >= 0.3 is 5.97 Å². The van der Waals surface area contributed by atoms with Gasteiger partial charge < -0.3 is 10.4 Å². The molecule has 100 valence electrons. The Morgan fingerprint density at radius 2 is 2.21 bits per heavy atom. The van der Waals surface area contributed by atoms with Crippen LogP contribution in [0.2, 0.25) is 0 Å². The first-order chi connectivity index (χ1) is 9.06. The first kappa shape index (κ1) is 14.5. The molecular formula is C13H14N2O4. The minimum Gasteiger partial charge on any atom is -0.477 e. The molecule has 0 amide bonds. The van der Waals surface area contributed by atoms with Crippen molar-refractivity contribution < 1.29 is 14.8 Å². The molecule has 0 aliphatic carbocycles. The highest BCUT2D eigenvalue weighted by Crippen LogP contribution is 2.22. The van der Waals surface area contributed by atoms with Crippen molar-refractivity contribution in [2.24, 2.45) is 0 Å². The second-order valence-corrected chi connectivity index (χ2v) is 3.88.